The third kappa shape index (κ3) is 14.0. The van der Waals surface area contributed by atoms with Crippen molar-refractivity contribution >= 4 is 131 Å². The molecule has 0 spiro atoms. The molecular formula is C129H85N9. The molecule has 9 heterocycles. The highest BCUT2D eigenvalue weighted by Gasteiger charge is 2.24. The predicted octanol–water partition coefficient (Wildman–Crippen LogP) is 33.5. The number of pyridine rings is 3. The molecule has 9 nitrogen and oxygen atoms in total. The van der Waals surface area contributed by atoms with E-state index in [9.17, 15) is 0 Å². The van der Waals surface area contributed by atoms with Gasteiger partial charge in [0.2, 0.25) is 0 Å². The molecule has 0 aliphatic carbocycles. The van der Waals surface area contributed by atoms with Crippen LogP contribution in [0, 0.1) is 0 Å². The molecular weight excluding hydrogens is 1680 g/mol. The van der Waals surface area contributed by atoms with Crippen LogP contribution in [0.25, 0.3) is 243 Å². The van der Waals surface area contributed by atoms with E-state index < -0.39 is 0 Å². The fraction of sp³-hybridized carbons (Fsp3) is 0. The van der Waals surface area contributed by atoms with Crippen molar-refractivity contribution in [1.29, 1.82) is 0 Å². The number of nitrogens with zero attached hydrogens (tertiary/aromatic N) is 9. The van der Waals surface area contributed by atoms with Gasteiger partial charge in [0.25, 0.3) is 0 Å². The summed E-state index contributed by atoms with van der Waals surface area (Å²) < 4.78 is 14.2. The molecule has 0 saturated carbocycles. The van der Waals surface area contributed by atoms with E-state index in [0.29, 0.717) is 0 Å². The lowest BCUT2D eigenvalue weighted by molar-refractivity contribution is 1.17. The summed E-state index contributed by atoms with van der Waals surface area (Å²) >= 11 is 0. The highest BCUT2D eigenvalue weighted by molar-refractivity contribution is 6.16. The molecule has 0 bridgehead atoms. The van der Waals surface area contributed by atoms with Crippen molar-refractivity contribution in [3.05, 3.63) is 516 Å². The average molecular weight is 1760 g/mol. The number of fused-ring (bicyclic) bond motifs is 18. The molecule has 0 atom stereocenters. The molecule has 0 radical (unpaired) electrons. The van der Waals surface area contributed by atoms with Gasteiger partial charge in [0.15, 0.2) is 0 Å². The molecule has 19 aromatic carbocycles. The molecule has 0 amide bonds. The Morgan fingerprint density at radius 3 is 0.601 bits per heavy atom. The molecule has 0 saturated heterocycles. The smallest absolute Gasteiger partial charge is 0.0963 e. The zero-order chi connectivity index (χ0) is 91.1. The van der Waals surface area contributed by atoms with Gasteiger partial charge in [-0.25, -0.2) is 0 Å². The van der Waals surface area contributed by atoms with Gasteiger partial charge in [-0.05, 0) is 260 Å². The van der Waals surface area contributed by atoms with Crippen LogP contribution in [0.3, 0.4) is 0 Å². The van der Waals surface area contributed by atoms with Crippen LogP contribution in [0.4, 0.5) is 0 Å². The van der Waals surface area contributed by atoms with Crippen molar-refractivity contribution in [2.24, 2.45) is 0 Å². The Morgan fingerprint density at radius 1 is 0.109 bits per heavy atom. The number of hydrogen-bond donors (Lipinski definition) is 0. The van der Waals surface area contributed by atoms with Crippen LogP contribution in [0.15, 0.2) is 516 Å². The molecule has 0 aliphatic heterocycles. The molecule has 9 aromatic heterocycles. The number of benzene rings is 19. The van der Waals surface area contributed by atoms with Gasteiger partial charge in [0.1, 0.15) is 0 Å². The number of rotatable bonds is 13. The average Bonchev–Trinajstić information content (AvgIpc) is 1.59. The lowest BCUT2D eigenvalue weighted by Gasteiger charge is -2.12. The first kappa shape index (κ1) is 80.3. The van der Waals surface area contributed by atoms with Crippen molar-refractivity contribution in [3.8, 4) is 112 Å². The van der Waals surface area contributed by atoms with Crippen LogP contribution in [0.2, 0.25) is 0 Å². The van der Waals surface area contributed by atoms with Crippen LogP contribution in [0.5, 0.6) is 0 Å². The van der Waals surface area contributed by atoms with E-state index in [4.69, 9.17) is 15.0 Å². The lowest BCUT2D eigenvalue weighted by Crippen LogP contribution is -1.95. The zero-order valence-corrected chi connectivity index (χ0v) is 75.1. The molecule has 138 heavy (non-hydrogen) atoms. The molecule has 0 aliphatic rings. The van der Waals surface area contributed by atoms with E-state index in [1.54, 1.807) is 0 Å². The van der Waals surface area contributed by atoms with Crippen molar-refractivity contribution in [1.82, 2.24) is 42.4 Å². The van der Waals surface area contributed by atoms with Crippen molar-refractivity contribution in [3.63, 3.8) is 0 Å². The molecule has 28 aromatic rings. The quantitative estimate of drug-likeness (QED) is 0.116. The topological polar surface area (TPSA) is 68.2 Å². The van der Waals surface area contributed by atoms with Crippen LogP contribution in [-0.2, 0) is 0 Å². The summed E-state index contributed by atoms with van der Waals surface area (Å²) in [5, 5.41) is 11.0. The van der Waals surface area contributed by atoms with Gasteiger partial charge in [-0.2, -0.15) is 0 Å². The van der Waals surface area contributed by atoms with E-state index >= 15 is 0 Å². The van der Waals surface area contributed by atoms with Crippen LogP contribution >= 0.6 is 0 Å². The summed E-state index contributed by atoms with van der Waals surface area (Å²) in [6.07, 6.45) is 5.66. The summed E-state index contributed by atoms with van der Waals surface area (Å²) in [6, 6.07) is 179. The van der Waals surface area contributed by atoms with Crippen molar-refractivity contribution in [2.45, 2.75) is 0 Å². The predicted molar refractivity (Wildman–Crippen MR) is 577 cm³/mol. The highest BCUT2D eigenvalue weighted by atomic mass is 15.0. The van der Waals surface area contributed by atoms with Crippen molar-refractivity contribution < 1.29 is 0 Å². The second kappa shape index (κ2) is 33.9. The van der Waals surface area contributed by atoms with Crippen LogP contribution in [-0.4, -0.2) is 42.4 Å². The second-order valence-corrected chi connectivity index (χ2v) is 35.4. The minimum absolute atomic E-state index is 1.01. The van der Waals surface area contributed by atoms with E-state index in [-0.39, 0.29) is 0 Å². The van der Waals surface area contributed by atoms with E-state index in [1.165, 1.54) is 143 Å². The van der Waals surface area contributed by atoms with E-state index in [1.807, 2.05) is 36.8 Å². The number of hydrogen-bond acceptors (Lipinski definition) is 3. The van der Waals surface area contributed by atoms with E-state index in [0.717, 1.165) is 99.9 Å². The first-order chi connectivity index (χ1) is 68.5. The maximum Gasteiger partial charge on any atom is 0.0963 e. The minimum atomic E-state index is 1.01. The summed E-state index contributed by atoms with van der Waals surface area (Å²) in [6.45, 7) is 0. The standard InChI is InChI=1S/C47H31N3.2C41H27N3/c1-3-11-32(12-4-1)34-20-24-38(25-21-34)49-43-18-8-7-17-40(43)41-26-22-36(30-45(41)49)37-23-27-42-46(31-37)50(44-19-10-28-48-47(42)44)39-16-9-15-35(29-39)33-13-5-2-6-14-33;1-3-11-28(12-4-1)29-13-9-16-33(25-29)44-38-19-10-24-42-41(38)36-23-21-31(27-40(36)44)30-20-22-35-34-17-7-8-18-37(34)43(39(35)26-30)32-14-5-2-6-15-32;1-3-10-28(11-4-1)29-17-21-33(22-18-29)44-38-16-9-25-42-41(38)36-24-20-31(27-40(36)44)30-19-23-35-34-14-7-8-15-37(34)43(39(35)26-30)32-12-5-2-6-13-32/h1-31H;2*1-27H. The first-order valence-electron chi connectivity index (χ1n) is 47.0. The Balaban J connectivity index is 0.000000107. The van der Waals surface area contributed by atoms with Crippen molar-refractivity contribution in [2.75, 3.05) is 0 Å². The Morgan fingerprint density at radius 2 is 0.297 bits per heavy atom. The summed E-state index contributed by atoms with van der Waals surface area (Å²) in [5.41, 5.74) is 40.5. The second-order valence-electron chi connectivity index (χ2n) is 35.4. The third-order valence-corrected chi connectivity index (χ3v) is 27.5. The molecule has 0 N–H and O–H groups in total. The Kier molecular flexibility index (Phi) is 19.7. The lowest BCUT2D eigenvalue weighted by atomic mass is 10.0. The molecule has 646 valence electrons. The van der Waals surface area contributed by atoms with Gasteiger partial charge in [-0.1, -0.05) is 315 Å². The SMILES string of the molecule is c1ccc(-c2ccc(-n3c4cc(-c5ccc6c7ccccc7n(-c7ccccc7)c6c5)ccc4c4ncccc43)cc2)cc1.c1ccc(-c2ccc(-n3c4ccccc4c4ccc(-c5ccc6c7ncccc7n(-c7cccc(-c8ccccc8)c7)c6c5)cc43)cc2)cc1.c1ccc(-c2cccc(-n3c4cc(-c5ccc6c7ccccc7n(-c7ccccc7)c6c5)ccc4c4ncccc43)c2)cc1. The molecule has 0 unspecified atom stereocenters. The van der Waals surface area contributed by atoms with Gasteiger partial charge >= 0.3 is 0 Å². The van der Waals surface area contributed by atoms with Gasteiger partial charge in [-0.15, -0.1) is 0 Å². The van der Waals surface area contributed by atoms with E-state index in [2.05, 4.69) is 507 Å². The van der Waals surface area contributed by atoms with Gasteiger partial charge in [0.05, 0.1) is 82.8 Å². The van der Waals surface area contributed by atoms with Crippen LogP contribution < -0.4 is 0 Å². The molecule has 0 fully saturated rings. The third-order valence-electron chi connectivity index (χ3n) is 27.5. The largest absolute Gasteiger partial charge is 0.309 e. The van der Waals surface area contributed by atoms with Gasteiger partial charge in [0, 0.05) is 101 Å². The number of aromatic nitrogens is 9. The molecule has 28 rings (SSSR count). The Bertz CT molecular complexity index is 9540. The minimum Gasteiger partial charge on any atom is -0.309 e. The maximum absolute atomic E-state index is 4.85. The summed E-state index contributed by atoms with van der Waals surface area (Å²) in [4.78, 5) is 14.5. The monoisotopic (exact) mass is 1760 g/mol. The number of para-hydroxylation sites is 5. The Hall–Kier alpha value is -18.6. The summed E-state index contributed by atoms with van der Waals surface area (Å²) in [7, 11) is 0. The maximum atomic E-state index is 4.85. The highest BCUT2D eigenvalue weighted by Crippen LogP contribution is 2.45. The normalized spacial score (nSPS) is 11.6. The fourth-order valence-electron chi connectivity index (χ4n) is 21.1. The van der Waals surface area contributed by atoms with Gasteiger partial charge < -0.3 is 27.4 Å². The molecule has 9 heteroatoms. The van der Waals surface area contributed by atoms with Gasteiger partial charge in [-0.3, -0.25) is 15.0 Å². The summed E-state index contributed by atoms with van der Waals surface area (Å²) in [5.74, 6) is 0. The fourth-order valence-corrected chi connectivity index (χ4v) is 21.1. The Labute approximate surface area is 796 Å². The first-order valence-corrected chi connectivity index (χ1v) is 47.0. The zero-order valence-electron chi connectivity index (χ0n) is 75.1. The van der Waals surface area contributed by atoms with Crippen LogP contribution in [0.1, 0.15) is 0 Å².